The number of aromatic nitrogens is 3. The van der Waals surface area contributed by atoms with Crippen molar-refractivity contribution in [2.75, 3.05) is 13.1 Å². The fourth-order valence-electron chi connectivity index (χ4n) is 3.82. The third-order valence-corrected chi connectivity index (χ3v) is 6.18. The second-order valence-corrected chi connectivity index (χ2v) is 8.03. The molecule has 0 radical (unpaired) electrons. The van der Waals surface area contributed by atoms with E-state index in [-0.39, 0.29) is 5.91 Å². The number of halogens is 1. The number of carbonyl (C=O) groups is 1. The van der Waals surface area contributed by atoms with Gasteiger partial charge in [-0.15, -0.1) is 0 Å². The summed E-state index contributed by atoms with van der Waals surface area (Å²) in [4.78, 5) is 19.7. The van der Waals surface area contributed by atoms with Gasteiger partial charge in [0, 0.05) is 35.4 Å². The number of hydrogen-bond acceptors (Lipinski definition) is 3. The first-order valence-corrected chi connectivity index (χ1v) is 10.2. The SMILES string of the molecule is Cc1nc2c(C(=O)N3CCCCC3)cnn2c(C)c1Cc1ccccc1Br. The number of carbonyl (C=O) groups excluding carboxylic acids is 1. The van der Waals surface area contributed by atoms with Gasteiger partial charge in [0.25, 0.3) is 5.91 Å². The summed E-state index contributed by atoms with van der Waals surface area (Å²) in [6.45, 7) is 5.72. The summed E-state index contributed by atoms with van der Waals surface area (Å²) in [5.41, 5.74) is 5.61. The standard InChI is InChI=1S/C21H23BrN4O/c1-14-17(12-16-8-4-5-9-19(16)22)15(2)26-20(24-14)18(13-23-26)21(27)25-10-6-3-7-11-25/h4-5,8-9,13H,3,6-7,10-12H2,1-2H3. The molecule has 1 aliphatic heterocycles. The van der Waals surface area contributed by atoms with Gasteiger partial charge >= 0.3 is 0 Å². The average Bonchev–Trinajstić information content (AvgIpc) is 3.10. The Morgan fingerprint density at radius 3 is 2.63 bits per heavy atom. The molecular formula is C21H23BrN4O. The van der Waals surface area contributed by atoms with E-state index in [4.69, 9.17) is 4.98 Å². The number of likely N-dealkylation sites (tertiary alicyclic amines) is 1. The van der Waals surface area contributed by atoms with Crippen LogP contribution in [0.25, 0.3) is 5.65 Å². The summed E-state index contributed by atoms with van der Waals surface area (Å²) in [6, 6.07) is 8.22. The number of hydrogen-bond donors (Lipinski definition) is 0. The van der Waals surface area contributed by atoms with Gasteiger partial charge in [-0.1, -0.05) is 34.1 Å². The van der Waals surface area contributed by atoms with Crippen molar-refractivity contribution in [1.29, 1.82) is 0 Å². The van der Waals surface area contributed by atoms with Crippen molar-refractivity contribution < 1.29 is 4.79 Å². The largest absolute Gasteiger partial charge is 0.338 e. The lowest BCUT2D eigenvalue weighted by molar-refractivity contribution is 0.0726. The van der Waals surface area contributed by atoms with Gasteiger partial charge in [0.2, 0.25) is 0 Å². The van der Waals surface area contributed by atoms with Crippen LogP contribution in [0.4, 0.5) is 0 Å². The second kappa shape index (κ2) is 7.43. The van der Waals surface area contributed by atoms with E-state index in [1.165, 1.54) is 12.0 Å². The Balaban J connectivity index is 1.73. The highest BCUT2D eigenvalue weighted by Gasteiger charge is 2.24. The normalized spacial score (nSPS) is 14.7. The van der Waals surface area contributed by atoms with Crippen LogP contribution < -0.4 is 0 Å². The third kappa shape index (κ3) is 3.38. The topological polar surface area (TPSA) is 50.5 Å². The van der Waals surface area contributed by atoms with Crippen molar-refractivity contribution in [3.63, 3.8) is 0 Å². The van der Waals surface area contributed by atoms with Crippen LogP contribution in [-0.4, -0.2) is 38.5 Å². The monoisotopic (exact) mass is 426 g/mol. The zero-order chi connectivity index (χ0) is 19.0. The first-order valence-electron chi connectivity index (χ1n) is 9.42. The van der Waals surface area contributed by atoms with Crippen molar-refractivity contribution in [2.45, 2.75) is 39.5 Å². The Labute approximate surface area is 167 Å². The van der Waals surface area contributed by atoms with Crippen molar-refractivity contribution in [2.24, 2.45) is 0 Å². The predicted octanol–water partition coefficient (Wildman–Crippen LogP) is 4.33. The molecule has 1 saturated heterocycles. The molecule has 27 heavy (non-hydrogen) atoms. The summed E-state index contributed by atoms with van der Waals surface area (Å²) in [6.07, 6.45) is 5.80. The molecule has 0 aliphatic carbocycles. The van der Waals surface area contributed by atoms with Crippen LogP contribution in [-0.2, 0) is 6.42 Å². The highest BCUT2D eigenvalue weighted by atomic mass is 79.9. The van der Waals surface area contributed by atoms with Gasteiger partial charge in [0.05, 0.1) is 6.20 Å². The molecule has 1 aliphatic rings. The molecule has 3 heterocycles. The molecule has 0 N–H and O–H groups in total. The van der Waals surface area contributed by atoms with Gasteiger partial charge in [-0.3, -0.25) is 4.79 Å². The number of fused-ring (bicyclic) bond motifs is 1. The van der Waals surface area contributed by atoms with Crippen LogP contribution in [0.3, 0.4) is 0 Å². The lowest BCUT2D eigenvalue weighted by Crippen LogP contribution is -2.35. The fourth-order valence-corrected chi connectivity index (χ4v) is 4.24. The third-order valence-electron chi connectivity index (χ3n) is 5.41. The van der Waals surface area contributed by atoms with Crippen molar-refractivity contribution >= 4 is 27.5 Å². The van der Waals surface area contributed by atoms with Crippen LogP contribution in [0.15, 0.2) is 34.9 Å². The lowest BCUT2D eigenvalue weighted by atomic mass is 10.0. The maximum Gasteiger partial charge on any atom is 0.259 e. The minimum Gasteiger partial charge on any atom is -0.338 e. The molecule has 0 saturated carbocycles. The van der Waals surface area contributed by atoms with Crippen LogP contribution in [0.1, 0.15) is 52.1 Å². The summed E-state index contributed by atoms with van der Waals surface area (Å²) in [5.74, 6) is 0.0505. The molecule has 2 aromatic heterocycles. The number of rotatable bonds is 3. The molecule has 4 rings (SSSR count). The van der Waals surface area contributed by atoms with Gasteiger partial charge < -0.3 is 4.90 Å². The quantitative estimate of drug-likeness (QED) is 0.626. The average molecular weight is 427 g/mol. The number of amides is 1. The second-order valence-electron chi connectivity index (χ2n) is 7.18. The van der Waals surface area contributed by atoms with E-state index >= 15 is 0 Å². The maximum absolute atomic E-state index is 12.9. The highest BCUT2D eigenvalue weighted by Crippen LogP contribution is 2.25. The molecule has 0 atom stereocenters. The molecule has 0 bridgehead atoms. The number of benzene rings is 1. The van der Waals surface area contributed by atoms with Crippen LogP contribution in [0, 0.1) is 13.8 Å². The van der Waals surface area contributed by atoms with E-state index in [9.17, 15) is 4.79 Å². The van der Waals surface area contributed by atoms with Gasteiger partial charge in [-0.05, 0) is 50.3 Å². The first kappa shape index (κ1) is 18.2. The van der Waals surface area contributed by atoms with Crippen molar-refractivity contribution in [3.8, 4) is 0 Å². The van der Waals surface area contributed by atoms with E-state index < -0.39 is 0 Å². The smallest absolute Gasteiger partial charge is 0.259 e. The predicted molar refractivity (Wildman–Crippen MR) is 109 cm³/mol. The Morgan fingerprint density at radius 1 is 1.15 bits per heavy atom. The van der Waals surface area contributed by atoms with Gasteiger partial charge in [-0.2, -0.15) is 5.10 Å². The van der Waals surface area contributed by atoms with Crippen LogP contribution >= 0.6 is 15.9 Å². The minimum atomic E-state index is 0.0505. The zero-order valence-electron chi connectivity index (χ0n) is 15.7. The van der Waals surface area contributed by atoms with E-state index in [1.807, 2.05) is 28.5 Å². The highest BCUT2D eigenvalue weighted by molar-refractivity contribution is 9.10. The molecule has 1 fully saturated rings. The fraction of sp³-hybridized carbons (Fsp3) is 0.381. The zero-order valence-corrected chi connectivity index (χ0v) is 17.3. The van der Waals surface area contributed by atoms with Crippen molar-refractivity contribution in [1.82, 2.24) is 19.5 Å². The minimum absolute atomic E-state index is 0.0505. The Bertz CT molecular complexity index is 1000. The number of aryl methyl sites for hydroxylation is 2. The van der Waals surface area contributed by atoms with E-state index in [0.717, 1.165) is 53.8 Å². The van der Waals surface area contributed by atoms with E-state index in [2.05, 4.69) is 40.1 Å². The van der Waals surface area contributed by atoms with Gasteiger partial charge in [0.1, 0.15) is 5.56 Å². The summed E-state index contributed by atoms with van der Waals surface area (Å²) in [7, 11) is 0. The van der Waals surface area contributed by atoms with Crippen LogP contribution in [0.5, 0.6) is 0 Å². The molecule has 1 aromatic carbocycles. The van der Waals surface area contributed by atoms with Crippen molar-refractivity contribution in [3.05, 3.63) is 63.0 Å². The molecule has 6 heteroatoms. The van der Waals surface area contributed by atoms with Gasteiger partial charge in [0.15, 0.2) is 5.65 Å². The number of piperidine rings is 1. The molecule has 140 valence electrons. The molecular weight excluding hydrogens is 404 g/mol. The van der Waals surface area contributed by atoms with Gasteiger partial charge in [-0.25, -0.2) is 9.50 Å². The summed E-state index contributed by atoms with van der Waals surface area (Å²) >= 11 is 3.63. The molecule has 0 spiro atoms. The molecule has 5 nitrogen and oxygen atoms in total. The lowest BCUT2D eigenvalue weighted by Gasteiger charge is -2.26. The number of nitrogens with zero attached hydrogens (tertiary/aromatic N) is 4. The Hall–Kier alpha value is -2.21. The van der Waals surface area contributed by atoms with Crippen LogP contribution in [0.2, 0.25) is 0 Å². The maximum atomic E-state index is 12.9. The Kier molecular flexibility index (Phi) is 5.00. The van der Waals surface area contributed by atoms with E-state index in [1.54, 1.807) is 6.20 Å². The summed E-state index contributed by atoms with van der Waals surface area (Å²) < 4.78 is 2.90. The summed E-state index contributed by atoms with van der Waals surface area (Å²) in [5, 5.41) is 4.49. The molecule has 3 aromatic rings. The molecule has 0 unspecified atom stereocenters. The Morgan fingerprint density at radius 2 is 1.89 bits per heavy atom. The van der Waals surface area contributed by atoms with E-state index in [0.29, 0.717) is 11.2 Å². The first-order chi connectivity index (χ1) is 13.1. The molecule has 1 amide bonds.